The largest absolute Gasteiger partial charge is 0.488 e. The molecule has 9 rings (SSSR count). The Morgan fingerprint density at radius 1 is 0.628 bits per heavy atom. The summed E-state index contributed by atoms with van der Waals surface area (Å²) in [5.41, 5.74) is 16.4. The van der Waals surface area contributed by atoms with Gasteiger partial charge in [0.25, 0.3) is 0 Å². The molecule has 11 nitrogen and oxygen atoms in total. The number of carbonyl (C=O) groups is 2. The average Bonchev–Trinajstić information content (AvgIpc) is 0.795. The summed E-state index contributed by atoms with van der Waals surface area (Å²) >= 11 is 0. The first kappa shape index (κ1) is 64.5. The Hall–Kier alpha value is -7.52. The van der Waals surface area contributed by atoms with Crippen molar-refractivity contribution in [3.63, 3.8) is 0 Å². The predicted octanol–water partition coefficient (Wildman–Crippen LogP) is 9.91. The lowest BCUT2D eigenvalue weighted by atomic mass is 9.77. The van der Waals surface area contributed by atoms with E-state index in [1.54, 1.807) is 26.0 Å². The molecule has 86 heavy (non-hydrogen) atoms. The van der Waals surface area contributed by atoms with Crippen LogP contribution in [0.4, 0.5) is 5.69 Å². The van der Waals surface area contributed by atoms with E-state index in [0.717, 1.165) is 61.3 Å². The standard InChI is InChI=1S/C71H81B2N5O6Si.CH4/c1-47(2)67(79)30-18-19-38-77(43-51-22-12-16-28-65(51)72(81)82)46-64-58-25-15-14-24-57(58)63(45-78(39-21-37-74-71(80)48(3)4)44-52-23-13-17-29-66(52)73(83)84)59-34-31-50(40-62(59)64)55-26-20-27-56(49(55)5)70-60-35-32-53(75(6)7)41-68(60)85(10,11)69-42-54(76(8)9)33-36-61(69)70;/h12-17,20,22-29,31-36,40-42,81-84H,1,3,18-19,21,30,37-39,43-46H2,2,4-11H3;1H4/p+1. The average molecular weight is 1170 g/mol. The van der Waals surface area contributed by atoms with Crippen LogP contribution in [0.25, 0.3) is 38.2 Å². The van der Waals surface area contributed by atoms with Crippen LogP contribution in [0.5, 0.6) is 0 Å². The van der Waals surface area contributed by atoms with Crippen LogP contribution in [0.2, 0.25) is 13.1 Å². The van der Waals surface area contributed by atoms with Crippen LogP contribution in [-0.2, 0) is 35.8 Å². The van der Waals surface area contributed by atoms with Gasteiger partial charge in [0.15, 0.2) is 11.5 Å². The molecule has 1 aliphatic heterocycles. The minimum Gasteiger partial charge on any atom is -0.423 e. The first-order valence-corrected chi connectivity index (χ1v) is 32.7. The number of unbranched alkanes of at least 4 members (excludes halogenated alkanes) is 1. The van der Waals surface area contributed by atoms with E-state index in [1.165, 1.54) is 49.6 Å². The maximum atomic E-state index is 12.8. The molecule has 2 aliphatic rings. The highest BCUT2D eigenvalue weighted by Gasteiger charge is 2.41. The molecule has 0 unspecified atom stereocenters. The van der Waals surface area contributed by atoms with Crippen molar-refractivity contribution in [2.75, 3.05) is 52.7 Å². The van der Waals surface area contributed by atoms with E-state index in [-0.39, 0.29) is 19.1 Å². The summed E-state index contributed by atoms with van der Waals surface area (Å²) < 4.78 is 2.20. The number of hydrogen-bond donors (Lipinski definition) is 5. The van der Waals surface area contributed by atoms with Crippen molar-refractivity contribution in [1.82, 2.24) is 15.1 Å². The zero-order valence-electron chi connectivity index (χ0n) is 51.1. The highest BCUT2D eigenvalue weighted by molar-refractivity contribution is 6.98. The lowest BCUT2D eigenvalue weighted by molar-refractivity contribution is -0.462. The molecule has 0 atom stereocenters. The van der Waals surface area contributed by atoms with Crippen molar-refractivity contribution in [2.24, 2.45) is 0 Å². The fourth-order valence-corrected chi connectivity index (χ4v) is 15.5. The maximum absolute atomic E-state index is 12.8. The van der Waals surface area contributed by atoms with Gasteiger partial charge in [-0.15, -0.1) is 0 Å². The molecule has 0 radical (unpaired) electrons. The Labute approximate surface area is 512 Å². The normalized spacial score (nSPS) is 13.3. The van der Waals surface area contributed by atoms with E-state index in [9.17, 15) is 29.7 Å². The summed E-state index contributed by atoms with van der Waals surface area (Å²) in [6.07, 6.45) is 9.46. The van der Waals surface area contributed by atoms with Gasteiger partial charge in [-0.3, -0.25) is 19.4 Å². The molecule has 0 fully saturated rings. The zero-order valence-corrected chi connectivity index (χ0v) is 52.1. The fourth-order valence-electron chi connectivity index (χ4n) is 12.5. The third-order valence-electron chi connectivity index (χ3n) is 17.2. The molecule has 0 saturated heterocycles. The van der Waals surface area contributed by atoms with E-state index in [0.29, 0.717) is 87.1 Å². The Balaban J connectivity index is 0.00000961. The SMILES string of the molecule is C.C=C(C)C(=O)CCCCN(Cc1ccccc1B(O)O)Cc1c2ccccc2c(CN(CCCNC(=O)C(=C)C)Cc2ccccc2B(O)O)c2ccc(-c3cccc(C4=C5C=CC(=[N+](C)C)C=C5[Si](C)(C)c5cc(N(C)C)ccc54)c3C)cc12. The van der Waals surface area contributed by atoms with Crippen LogP contribution in [0, 0.1) is 6.92 Å². The second kappa shape index (κ2) is 27.9. The second-order valence-electron chi connectivity index (χ2n) is 24.1. The molecule has 7 aromatic carbocycles. The number of rotatable bonds is 24. The van der Waals surface area contributed by atoms with Crippen LogP contribution in [-0.4, -0.2) is 122 Å². The zero-order chi connectivity index (χ0) is 60.9. The van der Waals surface area contributed by atoms with Gasteiger partial charge in [-0.25, -0.2) is 4.58 Å². The Bertz CT molecular complexity index is 3870. The van der Waals surface area contributed by atoms with E-state index in [4.69, 9.17) is 0 Å². The van der Waals surface area contributed by atoms with E-state index in [2.05, 4.69) is 183 Å². The first-order valence-electron chi connectivity index (χ1n) is 29.7. The molecular weight excluding hydrogens is 1080 g/mol. The molecule has 1 aliphatic carbocycles. The molecular formula is C72H86B2N5O6Si+. The van der Waals surface area contributed by atoms with Gasteiger partial charge in [-0.05, 0) is 180 Å². The predicted molar refractivity (Wildman–Crippen MR) is 363 cm³/mol. The third kappa shape index (κ3) is 14.0. The molecule has 0 aromatic heterocycles. The van der Waals surface area contributed by atoms with Crippen LogP contribution in [0.1, 0.15) is 85.9 Å². The summed E-state index contributed by atoms with van der Waals surface area (Å²) in [6, 6.07) is 44.1. The molecule has 1 amide bonds. The van der Waals surface area contributed by atoms with Crippen molar-refractivity contribution < 1.29 is 34.3 Å². The monoisotopic (exact) mass is 1170 g/mol. The summed E-state index contributed by atoms with van der Waals surface area (Å²) in [5, 5.41) is 52.7. The van der Waals surface area contributed by atoms with E-state index >= 15 is 0 Å². The van der Waals surface area contributed by atoms with Crippen LogP contribution in [0.3, 0.4) is 0 Å². The number of hydrogen-bond acceptors (Lipinski definition) is 9. The van der Waals surface area contributed by atoms with E-state index in [1.807, 2.05) is 36.4 Å². The van der Waals surface area contributed by atoms with Gasteiger partial charge in [-0.2, -0.15) is 0 Å². The van der Waals surface area contributed by atoms with Crippen molar-refractivity contribution >= 4 is 88.6 Å². The Kier molecular flexibility index (Phi) is 20.9. The number of ketones is 1. The molecule has 5 N–H and O–H groups in total. The minimum absolute atomic E-state index is 0. The van der Waals surface area contributed by atoms with Gasteiger partial charge < -0.3 is 30.3 Å². The molecule has 1 heterocycles. The number of nitrogens with zero attached hydrogens (tertiary/aromatic N) is 4. The number of allylic oxidation sites excluding steroid dienone is 6. The summed E-state index contributed by atoms with van der Waals surface area (Å²) in [4.78, 5) is 32.4. The highest BCUT2D eigenvalue weighted by Crippen LogP contribution is 2.45. The van der Waals surface area contributed by atoms with Crippen molar-refractivity contribution in [3.05, 3.63) is 220 Å². The Morgan fingerprint density at radius 2 is 1.20 bits per heavy atom. The number of anilines is 1. The highest BCUT2D eigenvalue weighted by atomic mass is 28.3. The van der Waals surface area contributed by atoms with Gasteiger partial charge in [0, 0.05) is 83.2 Å². The van der Waals surface area contributed by atoms with E-state index < -0.39 is 22.3 Å². The van der Waals surface area contributed by atoms with Crippen molar-refractivity contribution in [2.45, 2.75) is 93.2 Å². The van der Waals surface area contributed by atoms with Crippen molar-refractivity contribution in [3.8, 4) is 11.1 Å². The Morgan fingerprint density at radius 3 is 1.78 bits per heavy atom. The smallest absolute Gasteiger partial charge is 0.423 e. The summed E-state index contributed by atoms with van der Waals surface area (Å²) in [6.45, 7) is 21.9. The van der Waals surface area contributed by atoms with Gasteiger partial charge in [0.2, 0.25) is 5.91 Å². The van der Waals surface area contributed by atoms with Gasteiger partial charge in [0.05, 0.1) is 0 Å². The van der Waals surface area contributed by atoms with Crippen LogP contribution >= 0.6 is 0 Å². The molecule has 0 bridgehead atoms. The molecule has 7 aromatic rings. The molecule has 444 valence electrons. The fraction of sp³-hybridized carbons (Fsp3) is 0.292. The first-order chi connectivity index (χ1) is 40.6. The van der Waals surface area contributed by atoms with Crippen molar-refractivity contribution in [1.29, 1.82) is 0 Å². The lowest BCUT2D eigenvalue weighted by Crippen LogP contribution is -2.49. The number of fused-ring (bicyclic) bond motifs is 4. The second-order valence-corrected chi connectivity index (χ2v) is 28.4. The minimum atomic E-state index is -2.22. The number of carbonyl (C=O) groups excluding carboxylic acids is 2. The number of amides is 1. The third-order valence-corrected chi connectivity index (χ3v) is 20.8. The quantitative estimate of drug-likeness (QED) is 0.0132. The van der Waals surface area contributed by atoms with Gasteiger partial charge >= 0.3 is 14.2 Å². The van der Waals surface area contributed by atoms with Gasteiger partial charge in [-0.1, -0.05) is 143 Å². The molecule has 14 heteroatoms. The molecule has 0 saturated carbocycles. The van der Waals surface area contributed by atoms with Crippen LogP contribution in [0.15, 0.2) is 181 Å². The number of nitrogens with one attached hydrogen (secondary N) is 1. The number of Topliss-reactive ketones (excluding diaryl/α,β-unsaturated/α-hetero) is 1. The molecule has 0 spiro atoms. The van der Waals surface area contributed by atoms with Crippen LogP contribution < -0.4 is 26.3 Å². The number of benzene rings is 7. The van der Waals surface area contributed by atoms with Gasteiger partial charge in [0.1, 0.15) is 22.2 Å². The summed E-state index contributed by atoms with van der Waals surface area (Å²) in [5.74, 6) is -0.135. The topological polar surface area (TPSA) is 140 Å². The maximum Gasteiger partial charge on any atom is 0.488 e. The lowest BCUT2D eigenvalue weighted by Gasteiger charge is -2.38. The summed E-state index contributed by atoms with van der Waals surface area (Å²) in [7, 11) is 2.92.